The number of aromatic nitrogens is 2. The van der Waals surface area contributed by atoms with Gasteiger partial charge in [-0.2, -0.15) is 5.10 Å². The maximum Gasteiger partial charge on any atom is 0.312 e. The molecule has 8 nitrogen and oxygen atoms in total. The van der Waals surface area contributed by atoms with Crippen LogP contribution in [-0.4, -0.2) is 39.2 Å². The number of nitrogens with zero attached hydrogens (tertiary/aromatic N) is 4. The molecule has 1 amide bonds. The smallest absolute Gasteiger partial charge is 0.312 e. The Balaban J connectivity index is 1.51. The summed E-state index contributed by atoms with van der Waals surface area (Å²) in [6.07, 6.45) is 1.89. The molecule has 0 aliphatic carbocycles. The van der Waals surface area contributed by atoms with Gasteiger partial charge in [-0.1, -0.05) is 24.3 Å². The summed E-state index contributed by atoms with van der Waals surface area (Å²) in [5, 5.41) is 15.5. The SMILES string of the molecule is COc1cccc(C2CCCN2C(=O)c2ccc(Cn3nc(C)c([N+](=O)[O-])c3C)cc2)c1. The zero-order valence-corrected chi connectivity index (χ0v) is 18.4. The highest BCUT2D eigenvalue weighted by molar-refractivity contribution is 5.94. The summed E-state index contributed by atoms with van der Waals surface area (Å²) >= 11 is 0. The van der Waals surface area contributed by atoms with Gasteiger partial charge in [-0.15, -0.1) is 0 Å². The van der Waals surface area contributed by atoms with E-state index in [0.717, 1.165) is 36.3 Å². The third kappa shape index (κ3) is 4.08. The number of nitro groups is 1. The fourth-order valence-corrected chi connectivity index (χ4v) is 4.40. The first-order valence-corrected chi connectivity index (χ1v) is 10.6. The average Bonchev–Trinajstić information content (AvgIpc) is 3.38. The zero-order valence-electron chi connectivity index (χ0n) is 18.4. The van der Waals surface area contributed by atoms with Crippen LogP contribution in [0, 0.1) is 24.0 Å². The number of methoxy groups -OCH3 is 1. The molecule has 2 aromatic carbocycles. The second kappa shape index (κ2) is 8.82. The Labute approximate surface area is 186 Å². The largest absolute Gasteiger partial charge is 0.497 e. The monoisotopic (exact) mass is 434 g/mol. The van der Waals surface area contributed by atoms with Gasteiger partial charge in [0.15, 0.2) is 0 Å². The van der Waals surface area contributed by atoms with Gasteiger partial charge in [-0.05, 0) is 62.1 Å². The van der Waals surface area contributed by atoms with Crippen molar-refractivity contribution in [3.8, 4) is 5.75 Å². The Bertz CT molecular complexity index is 1150. The molecule has 1 unspecified atom stereocenters. The summed E-state index contributed by atoms with van der Waals surface area (Å²) in [7, 11) is 1.64. The predicted octanol–water partition coefficient (Wildman–Crippen LogP) is 4.44. The maximum atomic E-state index is 13.2. The second-order valence-electron chi connectivity index (χ2n) is 8.06. The highest BCUT2D eigenvalue weighted by atomic mass is 16.6. The molecule has 0 spiro atoms. The minimum Gasteiger partial charge on any atom is -0.497 e. The molecule has 32 heavy (non-hydrogen) atoms. The van der Waals surface area contributed by atoms with Crippen molar-refractivity contribution in [3.63, 3.8) is 0 Å². The van der Waals surface area contributed by atoms with Crippen molar-refractivity contribution >= 4 is 11.6 Å². The van der Waals surface area contributed by atoms with Crippen molar-refractivity contribution in [2.75, 3.05) is 13.7 Å². The number of likely N-dealkylation sites (tertiary alicyclic amines) is 1. The van der Waals surface area contributed by atoms with E-state index in [2.05, 4.69) is 5.10 Å². The van der Waals surface area contributed by atoms with E-state index in [1.807, 2.05) is 53.4 Å². The number of aryl methyl sites for hydroxylation is 1. The fraction of sp³-hybridized carbons (Fsp3) is 0.333. The van der Waals surface area contributed by atoms with E-state index in [1.165, 1.54) is 0 Å². The van der Waals surface area contributed by atoms with Gasteiger partial charge < -0.3 is 9.64 Å². The van der Waals surface area contributed by atoms with Crippen LogP contribution in [0.4, 0.5) is 5.69 Å². The Morgan fingerprint density at radius 2 is 1.97 bits per heavy atom. The summed E-state index contributed by atoms with van der Waals surface area (Å²) in [6, 6.07) is 15.3. The van der Waals surface area contributed by atoms with Crippen LogP contribution in [0.15, 0.2) is 48.5 Å². The van der Waals surface area contributed by atoms with E-state index < -0.39 is 4.92 Å². The lowest BCUT2D eigenvalue weighted by atomic mass is 10.0. The quantitative estimate of drug-likeness (QED) is 0.422. The minimum atomic E-state index is -0.398. The molecule has 3 aromatic rings. The Morgan fingerprint density at radius 3 is 2.62 bits per heavy atom. The lowest BCUT2D eigenvalue weighted by Crippen LogP contribution is -2.30. The molecule has 0 saturated carbocycles. The molecular formula is C24H26N4O4. The van der Waals surface area contributed by atoms with Gasteiger partial charge in [-0.25, -0.2) is 0 Å². The van der Waals surface area contributed by atoms with Gasteiger partial charge in [0, 0.05) is 12.1 Å². The average molecular weight is 434 g/mol. The van der Waals surface area contributed by atoms with Crippen molar-refractivity contribution in [2.24, 2.45) is 0 Å². The van der Waals surface area contributed by atoms with Crippen LogP contribution in [0.3, 0.4) is 0 Å². The first kappa shape index (κ1) is 21.5. The van der Waals surface area contributed by atoms with Crippen LogP contribution >= 0.6 is 0 Å². The third-order valence-electron chi connectivity index (χ3n) is 6.05. The van der Waals surface area contributed by atoms with Crippen LogP contribution in [0.5, 0.6) is 5.75 Å². The van der Waals surface area contributed by atoms with Gasteiger partial charge in [0.25, 0.3) is 5.91 Å². The van der Waals surface area contributed by atoms with E-state index in [1.54, 1.807) is 25.6 Å². The van der Waals surface area contributed by atoms with Crippen molar-refractivity contribution in [3.05, 3.63) is 86.7 Å². The second-order valence-corrected chi connectivity index (χ2v) is 8.06. The fourth-order valence-electron chi connectivity index (χ4n) is 4.40. The number of carbonyl (C=O) groups excluding carboxylic acids is 1. The molecule has 1 aromatic heterocycles. The lowest BCUT2D eigenvalue weighted by Gasteiger charge is -2.25. The Hall–Kier alpha value is -3.68. The highest BCUT2D eigenvalue weighted by Crippen LogP contribution is 2.34. The molecule has 1 fully saturated rings. The van der Waals surface area contributed by atoms with Crippen LogP contribution in [0.2, 0.25) is 0 Å². The zero-order chi connectivity index (χ0) is 22.8. The number of carbonyl (C=O) groups is 1. The van der Waals surface area contributed by atoms with E-state index in [9.17, 15) is 14.9 Å². The first-order chi connectivity index (χ1) is 15.4. The Kier molecular flexibility index (Phi) is 5.94. The molecule has 2 heterocycles. The number of rotatable bonds is 6. The van der Waals surface area contributed by atoms with Crippen LogP contribution in [0.1, 0.15) is 51.8 Å². The number of benzene rings is 2. The number of hydrogen-bond acceptors (Lipinski definition) is 5. The molecule has 0 bridgehead atoms. The van der Waals surface area contributed by atoms with Gasteiger partial charge in [0.2, 0.25) is 0 Å². The van der Waals surface area contributed by atoms with Crippen molar-refractivity contribution < 1.29 is 14.5 Å². The molecule has 0 radical (unpaired) electrons. The van der Waals surface area contributed by atoms with Gasteiger partial charge >= 0.3 is 5.69 Å². The molecule has 1 aliphatic heterocycles. The van der Waals surface area contributed by atoms with E-state index in [0.29, 0.717) is 23.5 Å². The minimum absolute atomic E-state index is 0.00335. The highest BCUT2D eigenvalue weighted by Gasteiger charge is 2.31. The summed E-state index contributed by atoms with van der Waals surface area (Å²) in [6.45, 7) is 4.46. The normalized spacial score (nSPS) is 15.7. The molecule has 1 aliphatic rings. The third-order valence-corrected chi connectivity index (χ3v) is 6.05. The summed E-state index contributed by atoms with van der Waals surface area (Å²) in [5.41, 5.74) is 3.60. The molecule has 8 heteroatoms. The molecule has 166 valence electrons. The Morgan fingerprint density at radius 1 is 1.22 bits per heavy atom. The van der Waals surface area contributed by atoms with Crippen LogP contribution < -0.4 is 4.74 Å². The van der Waals surface area contributed by atoms with Crippen molar-refractivity contribution in [1.29, 1.82) is 0 Å². The molecule has 1 saturated heterocycles. The van der Waals surface area contributed by atoms with E-state index >= 15 is 0 Å². The number of hydrogen-bond donors (Lipinski definition) is 0. The van der Waals surface area contributed by atoms with Crippen molar-refractivity contribution in [1.82, 2.24) is 14.7 Å². The van der Waals surface area contributed by atoms with Crippen LogP contribution in [-0.2, 0) is 6.54 Å². The summed E-state index contributed by atoms with van der Waals surface area (Å²) in [5.74, 6) is 0.791. The van der Waals surface area contributed by atoms with Crippen LogP contribution in [0.25, 0.3) is 0 Å². The summed E-state index contributed by atoms with van der Waals surface area (Å²) in [4.78, 5) is 26.0. The lowest BCUT2D eigenvalue weighted by molar-refractivity contribution is -0.386. The van der Waals surface area contributed by atoms with E-state index in [4.69, 9.17) is 4.74 Å². The predicted molar refractivity (Wildman–Crippen MR) is 120 cm³/mol. The number of amides is 1. The number of ether oxygens (including phenoxy) is 1. The first-order valence-electron chi connectivity index (χ1n) is 10.6. The van der Waals surface area contributed by atoms with E-state index in [-0.39, 0.29) is 17.6 Å². The van der Waals surface area contributed by atoms with Gasteiger partial charge in [0.05, 0.1) is 24.6 Å². The molecule has 1 atom stereocenters. The molecular weight excluding hydrogens is 408 g/mol. The molecule has 0 N–H and O–H groups in total. The van der Waals surface area contributed by atoms with Gasteiger partial charge in [0.1, 0.15) is 17.1 Å². The topological polar surface area (TPSA) is 90.5 Å². The maximum absolute atomic E-state index is 13.2. The molecule has 4 rings (SSSR count). The standard InChI is InChI=1S/C24H26N4O4/c1-16-23(28(30)31)17(2)27(25-16)15-18-9-11-19(12-10-18)24(29)26-13-5-8-22(26)20-6-4-7-21(14-20)32-3/h4,6-7,9-12,14,22H,5,8,13,15H2,1-3H3. The van der Waals surface area contributed by atoms with Crippen molar-refractivity contribution in [2.45, 2.75) is 39.3 Å². The van der Waals surface area contributed by atoms with Gasteiger partial charge in [-0.3, -0.25) is 19.6 Å². The summed E-state index contributed by atoms with van der Waals surface area (Å²) < 4.78 is 6.97.